The largest absolute Gasteiger partial charge is 0.495 e. The minimum Gasteiger partial charge on any atom is -0.399 e. The highest BCUT2D eigenvalue weighted by molar-refractivity contribution is 6.64. The van der Waals surface area contributed by atoms with Crippen molar-refractivity contribution in [1.82, 2.24) is 4.98 Å². The highest BCUT2D eigenvalue weighted by Crippen LogP contribution is 2.38. The summed E-state index contributed by atoms with van der Waals surface area (Å²) in [5.74, 6) is 0. The number of fused-ring (bicyclic) bond motifs is 1. The lowest BCUT2D eigenvalue weighted by atomic mass is 9.73. The van der Waals surface area contributed by atoms with Gasteiger partial charge in [0.05, 0.1) is 16.7 Å². The van der Waals surface area contributed by atoms with Gasteiger partial charge in [0.15, 0.2) is 0 Å². The topological polar surface area (TPSA) is 31.4 Å². The molecule has 0 saturated carbocycles. The van der Waals surface area contributed by atoms with Gasteiger partial charge in [-0.15, -0.1) is 0 Å². The molecule has 0 spiro atoms. The molecule has 4 heteroatoms. The Labute approximate surface area is 161 Å². The second-order valence-corrected chi connectivity index (χ2v) is 8.49. The Morgan fingerprint density at radius 2 is 1.44 bits per heavy atom. The van der Waals surface area contributed by atoms with Gasteiger partial charge in [-0.1, -0.05) is 36.4 Å². The molecule has 0 radical (unpaired) electrons. The van der Waals surface area contributed by atoms with Gasteiger partial charge in [0.2, 0.25) is 0 Å². The Hall–Kier alpha value is -2.17. The van der Waals surface area contributed by atoms with E-state index in [2.05, 4.69) is 82.9 Å². The summed E-state index contributed by atoms with van der Waals surface area (Å²) in [5.41, 5.74) is 6.04. The summed E-state index contributed by atoms with van der Waals surface area (Å²) in [6.07, 6.45) is 1.85. The smallest absolute Gasteiger partial charge is 0.399 e. The minimum absolute atomic E-state index is 0.370. The first kappa shape index (κ1) is 18.2. The van der Waals surface area contributed by atoms with Gasteiger partial charge in [0, 0.05) is 17.1 Å². The van der Waals surface area contributed by atoms with E-state index in [0.29, 0.717) is 0 Å². The fourth-order valence-electron chi connectivity index (χ4n) is 3.56. The average molecular weight is 359 g/mol. The molecule has 2 heterocycles. The van der Waals surface area contributed by atoms with Crippen molar-refractivity contribution in [3.63, 3.8) is 0 Å². The lowest BCUT2D eigenvalue weighted by molar-refractivity contribution is 0.00578. The van der Waals surface area contributed by atoms with E-state index >= 15 is 0 Å². The van der Waals surface area contributed by atoms with Gasteiger partial charge in [-0.3, -0.25) is 4.98 Å². The van der Waals surface area contributed by atoms with Crippen LogP contribution in [0.1, 0.15) is 38.8 Å². The quantitative estimate of drug-likeness (QED) is 0.615. The molecule has 0 bridgehead atoms. The Morgan fingerprint density at radius 3 is 2.15 bits per heavy atom. The first-order valence-electron chi connectivity index (χ1n) is 9.50. The van der Waals surface area contributed by atoms with Crippen LogP contribution in [-0.4, -0.2) is 23.3 Å². The van der Waals surface area contributed by atoms with E-state index in [1.165, 1.54) is 11.1 Å². The van der Waals surface area contributed by atoms with Crippen LogP contribution in [0.15, 0.2) is 48.7 Å². The third kappa shape index (κ3) is 2.97. The number of rotatable bonds is 2. The van der Waals surface area contributed by atoms with Gasteiger partial charge in [-0.05, 0) is 69.8 Å². The molecular formula is C23H26BNO2. The molecule has 3 aromatic rings. The number of hydrogen-bond donors (Lipinski definition) is 0. The van der Waals surface area contributed by atoms with Crippen molar-refractivity contribution in [2.24, 2.45) is 0 Å². The third-order valence-electron chi connectivity index (χ3n) is 6.10. The van der Waals surface area contributed by atoms with Crippen LogP contribution in [-0.2, 0) is 9.31 Å². The molecule has 0 aliphatic carbocycles. The van der Waals surface area contributed by atoms with E-state index in [0.717, 1.165) is 27.5 Å². The molecule has 3 nitrogen and oxygen atoms in total. The van der Waals surface area contributed by atoms with E-state index in [-0.39, 0.29) is 11.2 Å². The maximum absolute atomic E-state index is 6.38. The Morgan fingerprint density at radius 1 is 0.815 bits per heavy atom. The van der Waals surface area contributed by atoms with Crippen LogP contribution in [0, 0.1) is 13.8 Å². The predicted molar refractivity (Wildman–Crippen MR) is 112 cm³/mol. The molecule has 0 N–H and O–H groups in total. The van der Waals surface area contributed by atoms with Gasteiger partial charge in [-0.25, -0.2) is 0 Å². The summed E-state index contributed by atoms with van der Waals surface area (Å²) < 4.78 is 12.8. The molecule has 1 aliphatic heterocycles. The standard InChI is InChI=1S/C23H26BNO2/c1-15-13-19(18-11-7-9-17-10-8-12-25-21(17)18)20(14-16(15)2)24-26-22(3,4)23(5,6)27-24/h7-14H,1-6H3. The highest BCUT2D eigenvalue weighted by atomic mass is 16.7. The predicted octanol–water partition coefficient (Wildman–Crippen LogP) is 4.82. The van der Waals surface area contributed by atoms with E-state index in [1.807, 2.05) is 12.3 Å². The number of hydrogen-bond acceptors (Lipinski definition) is 3. The monoisotopic (exact) mass is 359 g/mol. The van der Waals surface area contributed by atoms with Crippen molar-refractivity contribution in [3.05, 3.63) is 59.8 Å². The molecule has 0 amide bonds. The van der Waals surface area contributed by atoms with Crippen molar-refractivity contribution >= 4 is 23.5 Å². The van der Waals surface area contributed by atoms with Crippen LogP contribution in [0.3, 0.4) is 0 Å². The van der Waals surface area contributed by atoms with E-state index in [9.17, 15) is 0 Å². The fourth-order valence-corrected chi connectivity index (χ4v) is 3.56. The highest BCUT2D eigenvalue weighted by Gasteiger charge is 2.52. The molecule has 0 atom stereocenters. The molecular weight excluding hydrogens is 333 g/mol. The summed E-state index contributed by atoms with van der Waals surface area (Å²) >= 11 is 0. The van der Waals surface area contributed by atoms with Crippen LogP contribution in [0.5, 0.6) is 0 Å². The lowest BCUT2D eigenvalue weighted by Crippen LogP contribution is -2.41. The first-order valence-corrected chi connectivity index (χ1v) is 9.50. The lowest BCUT2D eigenvalue weighted by Gasteiger charge is -2.32. The zero-order valence-corrected chi connectivity index (χ0v) is 17.0. The maximum atomic E-state index is 6.38. The summed E-state index contributed by atoms with van der Waals surface area (Å²) in [4.78, 5) is 4.65. The third-order valence-corrected chi connectivity index (χ3v) is 6.10. The molecule has 1 aromatic heterocycles. The molecule has 138 valence electrons. The van der Waals surface area contributed by atoms with Gasteiger partial charge in [0.25, 0.3) is 0 Å². The summed E-state index contributed by atoms with van der Waals surface area (Å²) in [6.45, 7) is 12.6. The van der Waals surface area contributed by atoms with Crippen molar-refractivity contribution in [2.45, 2.75) is 52.7 Å². The molecule has 2 aromatic carbocycles. The number of aromatic nitrogens is 1. The summed E-state index contributed by atoms with van der Waals surface area (Å²) in [5, 5.41) is 1.13. The van der Waals surface area contributed by atoms with Gasteiger partial charge in [0.1, 0.15) is 0 Å². The number of nitrogens with zero attached hydrogens (tertiary/aromatic N) is 1. The average Bonchev–Trinajstić information content (AvgIpc) is 2.84. The molecule has 1 aliphatic rings. The zero-order chi connectivity index (χ0) is 19.4. The van der Waals surface area contributed by atoms with E-state index in [1.54, 1.807) is 0 Å². The molecule has 4 rings (SSSR count). The van der Waals surface area contributed by atoms with Crippen molar-refractivity contribution in [3.8, 4) is 11.1 Å². The van der Waals surface area contributed by atoms with Crippen molar-refractivity contribution in [2.75, 3.05) is 0 Å². The number of benzene rings is 2. The maximum Gasteiger partial charge on any atom is 0.495 e. The SMILES string of the molecule is Cc1cc(B2OC(C)(C)C(C)(C)O2)c(-c2cccc3cccnc23)cc1C. The number of para-hydroxylation sites is 1. The molecule has 0 unspecified atom stereocenters. The zero-order valence-electron chi connectivity index (χ0n) is 17.0. The van der Waals surface area contributed by atoms with Crippen LogP contribution in [0.4, 0.5) is 0 Å². The van der Waals surface area contributed by atoms with E-state index < -0.39 is 7.12 Å². The normalized spacial score (nSPS) is 18.2. The Bertz CT molecular complexity index is 1000. The number of aryl methyl sites for hydroxylation is 2. The van der Waals surface area contributed by atoms with Crippen LogP contribution in [0.2, 0.25) is 0 Å². The molecule has 27 heavy (non-hydrogen) atoms. The van der Waals surface area contributed by atoms with Crippen LogP contribution in [0.25, 0.3) is 22.0 Å². The Balaban J connectivity index is 1.93. The fraction of sp³-hybridized carbons (Fsp3) is 0.348. The minimum atomic E-state index is -0.400. The summed E-state index contributed by atoms with van der Waals surface area (Å²) in [7, 11) is -0.400. The summed E-state index contributed by atoms with van der Waals surface area (Å²) in [6, 6.07) is 14.8. The molecule has 1 fully saturated rings. The second-order valence-electron chi connectivity index (χ2n) is 8.49. The number of pyridine rings is 1. The van der Waals surface area contributed by atoms with Crippen LogP contribution >= 0.6 is 0 Å². The van der Waals surface area contributed by atoms with E-state index in [4.69, 9.17) is 9.31 Å². The van der Waals surface area contributed by atoms with Gasteiger partial charge in [-0.2, -0.15) is 0 Å². The van der Waals surface area contributed by atoms with Crippen molar-refractivity contribution < 1.29 is 9.31 Å². The van der Waals surface area contributed by atoms with Gasteiger partial charge >= 0.3 is 7.12 Å². The first-order chi connectivity index (χ1) is 12.7. The Kier molecular flexibility index (Phi) is 4.17. The second kappa shape index (κ2) is 6.18. The van der Waals surface area contributed by atoms with Gasteiger partial charge < -0.3 is 9.31 Å². The van der Waals surface area contributed by atoms with Crippen LogP contribution < -0.4 is 5.46 Å². The molecule has 1 saturated heterocycles. The van der Waals surface area contributed by atoms with Crippen molar-refractivity contribution in [1.29, 1.82) is 0 Å².